The van der Waals surface area contributed by atoms with Gasteiger partial charge in [0.1, 0.15) is 6.54 Å². The van der Waals surface area contributed by atoms with Crippen molar-refractivity contribution in [3.05, 3.63) is 41.5 Å². The van der Waals surface area contributed by atoms with Crippen LogP contribution in [0.3, 0.4) is 0 Å². The monoisotopic (exact) mass is 452 g/mol. The molecule has 170 valence electrons. The lowest BCUT2D eigenvalue weighted by Gasteiger charge is -2.18. The van der Waals surface area contributed by atoms with Crippen LogP contribution in [0.4, 0.5) is 0 Å². The second kappa shape index (κ2) is 11.0. The molecule has 0 saturated heterocycles. The molecule has 0 aliphatic rings. The first kappa shape index (κ1) is 24.5. The Morgan fingerprint density at radius 1 is 1.16 bits per heavy atom. The van der Waals surface area contributed by atoms with Crippen LogP contribution in [-0.2, 0) is 26.0 Å². The first-order chi connectivity index (χ1) is 14.7. The maximum absolute atomic E-state index is 12.5. The summed E-state index contributed by atoms with van der Waals surface area (Å²) in [7, 11) is -3.60. The quantitative estimate of drug-likeness (QED) is 0.513. The Balaban J connectivity index is 1.91. The third-order valence-corrected chi connectivity index (χ3v) is 6.53. The van der Waals surface area contributed by atoms with Gasteiger partial charge >= 0.3 is 5.97 Å². The Labute approximate surface area is 182 Å². The smallest absolute Gasteiger partial charge is 0.326 e. The van der Waals surface area contributed by atoms with E-state index in [1.54, 1.807) is 20.8 Å². The minimum absolute atomic E-state index is 0.1000. The van der Waals surface area contributed by atoms with Crippen LogP contribution in [0.1, 0.15) is 62.3 Å². The molecule has 1 amide bonds. The largest absolute Gasteiger partial charge is 0.451 e. The van der Waals surface area contributed by atoms with Crippen molar-refractivity contribution in [2.45, 2.75) is 51.5 Å². The number of benzene rings is 1. The van der Waals surface area contributed by atoms with Gasteiger partial charge in [-0.05, 0) is 37.6 Å². The highest BCUT2D eigenvalue weighted by Gasteiger charge is 2.22. The van der Waals surface area contributed by atoms with E-state index in [1.807, 2.05) is 6.92 Å². The van der Waals surface area contributed by atoms with E-state index in [0.29, 0.717) is 25.3 Å². The molecule has 11 heteroatoms. The minimum Gasteiger partial charge on any atom is -0.451 e. The fourth-order valence-corrected chi connectivity index (χ4v) is 4.25. The van der Waals surface area contributed by atoms with Crippen molar-refractivity contribution >= 4 is 21.9 Å². The number of esters is 1. The molecule has 1 atom stereocenters. The molecule has 2 rings (SSSR count). The summed E-state index contributed by atoms with van der Waals surface area (Å²) >= 11 is 0. The van der Waals surface area contributed by atoms with E-state index in [2.05, 4.69) is 15.5 Å². The number of aromatic nitrogens is 2. The number of carbonyl (C=O) groups excluding carboxylic acids is 2. The molecule has 0 spiro atoms. The third kappa shape index (κ3) is 6.34. The molecule has 2 aromatic rings. The highest BCUT2D eigenvalue weighted by Crippen LogP contribution is 2.17. The van der Waals surface area contributed by atoms with E-state index < -0.39 is 28.0 Å². The molecule has 0 fully saturated rings. The molecule has 1 aromatic heterocycles. The second-order valence-corrected chi connectivity index (χ2v) is 8.67. The van der Waals surface area contributed by atoms with Crippen molar-refractivity contribution in [1.29, 1.82) is 0 Å². The lowest BCUT2D eigenvalue weighted by atomic mass is 10.2. The Morgan fingerprint density at radius 3 is 2.39 bits per heavy atom. The van der Waals surface area contributed by atoms with Gasteiger partial charge in [-0.1, -0.05) is 25.9 Å². The second-order valence-electron chi connectivity index (χ2n) is 6.73. The first-order valence-corrected chi connectivity index (χ1v) is 11.6. The molecule has 1 unspecified atom stereocenters. The normalized spacial score (nSPS) is 12.5. The fraction of sp³-hybridized carbons (Fsp3) is 0.500. The molecule has 0 bridgehead atoms. The zero-order chi connectivity index (χ0) is 23.0. The number of hydrogen-bond donors (Lipinski definition) is 1. The van der Waals surface area contributed by atoms with Gasteiger partial charge in [0, 0.05) is 25.1 Å². The zero-order valence-electron chi connectivity index (χ0n) is 18.1. The summed E-state index contributed by atoms with van der Waals surface area (Å²) in [6, 6.07) is 5.53. The van der Waals surface area contributed by atoms with Crippen LogP contribution in [-0.4, -0.2) is 54.4 Å². The predicted molar refractivity (Wildman–Crippen MR) is 112 cm³/mol. The number of amides is 1. The van der Waals surface area contributed by atoms with Gasteiger partial charge in [0.2, 0.25) is 10.0 Å². The number of carbonyl (C=O) groups is 2. The topological polar surface area (TPSA) is 132 Å². The van der Waals surface area contributed by atoms with Crippen molar-refractivity contribution in [2.24, 2.45) is 0 Å². The molecule has 0 aliphatic heterocycles. The summed E-state index contributed by atoms with van der Waals surface area (Å²) in [5.41, 5.74) is 0.223. The Morgan fingerprint density at radius 2 is 1.81 bits per heavy atom. The summed E-state index contributed by atoms with van der Waals surface area (Å²) in [5, 5.41) is 6.25. The van der Waals surface area contributed by atoms with Crippen molar-refractivity contribution in [2.75, 3.05) is 19.6 Å². The van der Waals surface area contributed by atoms with E-state index in [0.717, 1.165) is 6.42 Å². The van der Waals surface area contributed by atoms with Crippen LogP contribution >= 0.6 is 0 Å². The van der Waals surface area contributed by atoms with Gasteiger partial charge < -0.3 is 14.6 Å². The van der Waals surface area contributed by atoms with E-state index >= 15 is 0 Å². The Bertz CT molecular complexity index is 983. The van der Waals surface area contributed by atoms with E-state index in [4.69, 9.17) is 9.26 Å². The third-order valence-electron chi connectivity index (χ3n) is 4.47. The van der Waals surface area contributed by atoms with Gasteiger partial charge in [0.25, 0.3) is 11.8 Å². The number of sulfonamides is 1. The average molecular weight is 453 g/mol. The van der Waals surface area contributed by atoms with Crippen LogP contribution in [0.2, 0.25) is 0 Å². The fourth-order valence-electron chi connectivity index (χ4n) is 2.79. The predicted octanol–water partition coefficient (Wildman–Crippen LogP) is 2.09. The molecule has 1 N–H and O–H groups in total. The zero-order valence-corrected chi connectivity index (χ0v) is 18.9. The molecule has 10 nitrogen and oxygen atoms in total. The maximum atomic E-state index is 12.5. The van der Waals surface area contributed by atoms with Gasteiger partial charge in [-0.25, -0.2) is 8.42 Å². The number of rotatable bonds is 11. The number of hydrogen-bond acceptors (Lipinski definition) is 8. The molecule has 1 aromatic carbocycles. The van der Waals surface area contributed by atoms with Gasteiger partial charge in [-0.2, -0.15) is 9.29 Å². The molecule has 0 aliphatic carbocycles. The van der Waals surface area contributed by atoms with Gasteiger partial charge in [0.15, 0.2) is 11.9 Å². The van der Waals surface area contributed by atoms with Gasteiger partial charge in [-0.3, -0.25) is 9.59 Å². The van der Waals surface area contributed by atoms with E-state index in [1.165, 1.54) is 28.6 Å². The molecular formula is C20H28N4O6S. The Kier molecular flexibility index (Phi) is 8.69. The average Bonchev–Trinajstić information content (AvgIpc) is 3.22. The summed E-state index contributed by atoms with van der Waals surface area (Å²) in [4.78, 5) is 28.5. The summed E-state index contributed by atoms with van der Waals surface area (Å²) < 4.78 is 36.6. The number of nitrogens with zero attached hydrogens (tertiary/aromatic N) is 3. The van der Waals surface area contributed by atoms with Crippen LogP contribution < -0.4 is 5.32 Å². The summed E-state index contributed by atoms with van der Waals surface area (Å²) in [5.74, 6) is -0.468. The van der Waals surface area contributed by atoms with Crippen molar-refractivity contribution in [3.63, 3.8) is 0 Å². The Hall–Kier alpha value is -2.79. The van der Waals surface area contributed by atoms with Crippen molar-refractivity contribution in [3.8, 4) is 0 Å². The van der Waals surface area contributed by atoms with Crippen LogP contribution in [0.25, 0.3) is 0 Å². The first-order valence-electron chi connectivity index (χ1n) is 10.1. The number of ether oxygens (including phenoxy) is 1. The molecule has 0 saturated carbocycles. The lowest BCUT2D eigenvalue weighted by molar-refractivity contribution is -0.148. The van der Waals surface area contributed by atoms with Crippen LogP contribution in [0, 0.1) is 0 Å². The number of nitrogens with one attached hydrogen (secondary N) is 1. The number of aryl methyl sites for hydroxylation is 1. The molecule has 31 heavy (non-hydrogen) atoms. The van der Waals surface area contributed by atoms with Crippen molar-refractivity contribution in [1.82, 2.24) is 19.8 Å². The molecular weight excluding hydrogens is 424 g/mol. The highest BCUT2D eigenvalue weighted by molar-refractivity contribution is 7.89. The van der Waals surface area contributed by atoms with E-state index in [-0.39, 0.29) is 22.9 Å². The lowest BCUT2D eigenvalue weighted by Crippen LogP contribution is -2.31. The SMILES string of the molecule is CCCc1noc(C(C)OC(=O)CNC(=O)c2ccc(S(=O)(=O)N(CC)CC)cc2)n1. The molecule has 0 radical (unpaired) electrons. The van der Waals surface area contributed by atoms with E-state index in [9.17, 15) is 18.0 Å². The minimum atomic E-state index is -3.60. The van der Waals surface area contributed by atoms with Crippen LogP contribution in [0.15, 0.2) is 33.7 Å². The summed E-state index contributed by atoms with van der Waals surface area (Å²) in [6.45, 7) is 7.43. The van der Waals surface area contributed by atoms with Gasteiger partial charge in [0.05, 0.1) is 4.90 Å². The maximum Gasteiger partial charge on any atom is 0.326 e. The highest BCUT2D eigenvalue weighted by atomic mass is 32.2. The van der Waals surface area contributed by atoms with Crippen LogP contribution in [0.5, 0.6) is 0 Å². The summed E-state index contributed by atoms with van der Waals surface area (Å²) in [6.07, 6.45) is 0.781. The van der Waals surface area contributed by atoms with Crippen molar-refractivity contribution < 1.29 is 27.3 Å². The van der Waals surface area contributed by atoms with Gasteiger partial charge in [-0.15, -0.1) is 0 Å². The molecule has 1 heterocycles. The standard InChI is InChI=1S/C20H28N4O6S/c1-5-8-17-22-20(30-23-17)14(4)29-18(25)13-21-19(26)15-9-11-16(12-10-15)31(27,28)24(6-2)7-3/h9-12,14H,5-8,13H2,1-4H3,(H,21,26).